The number of nitrogens with one attached hydrogen (secondary N) is 1. The Balaban J connectivity index is 1.91. The van der Waals surface area contributed by atoms with Gasteiger partial charge in [-0.2, -0.15) is 0 Å². The third-order valence-electron chi connectivity index (χ3n) is 3.27. The molecule has 2 aromatic heterocycles. The van der Waals surface area contributed by atoms with Crippen molar-refractivity contribution in [3.05, 3.63) is 24.3 Å². The molecule has 3 aromatic rings. The van der Waals surface area contributed by atoms with E-state index in [-0.39, 0.29) is 11.2 Å². The summed E-state index contributed by atoms with van der Waals surface area (Å²) in [5, 5.41) is 9.53. The molecule has 1 N–H and O–H groups in total. The molecule has 6 nitrogen and oxygen atoms in total. The molecule has 0 unspecified atom stereocenters. The minimum atomic E-state index is -0.316. The highest BCUT2D eigenvalue weighted by atomic mass is 32.2. The van der Waals surface area contributed by atoms with Gasteiger partial charge in [-0.15, -0.1) is 10.2 Å². The molecule has 0 aliphatic carbocycles. The Morgan fingerprint density at radius 2 is 2.14 bits per heavy atom. The fourth-order valence-electron chi connectivity index (χ4n) is 2.22. The van der Waals surface area contributed by atoms with Crippen molar-refractivity contribution in [3.63, 3.8) is 0 Å². The lowest BCUT2D eigenvalue weighted by Crippen LogP contribution is -2.19. The molecule has 114 valence electrons. The van der Waals surface area contributed by atoms with Crippen LogP contribution in [-0.2, 0) is 9.53 Å². The Labute approximate surface area is 131 Å². The summed E-state index contributed by atoms with van der Waals surface area (Å²) in [7, 11) is 0. The van der Waals surface area contributed by atoms with Crippen molar-refractivity contribution in [3.8, 4) is 0 Å². The molecule has 0 saturated carbocycles. The van der Waals surface area contributed by atoms with Gasteiger partial charge in [0.25, 0.3) is 0 Å². The highest BCUT2D eigenvalue weighted by Gasteiger charge is 2.21. The summed E-state index contributed by atoms with van der Waals surface area (Å²) >= 11 is 1.28. The van der Waals surface area contributed by atoms with Crippen molar-refractivity contribution in [2.24, 2.45) is 0 Å². The topological polar surface area (TPSA) is 80.8 Å². The van der Waals surface area contributed by atoms with Crippen molar-refractivity contribution in [2.75, 3.05) is 6.61 Å². The number of H-pyrrole nitrogens is 1. The van der Waals surface area contributed by atoms with E-state index < -0.39 is 0 Å². The van der Waals surface area contributed by atoms with Gasteiger partial charge < -0.3 is 9.72 Å². The van der Waals surface area contributed by atoms with E-state index in [0.29, 0.717) is 23.8 Å². The average Bonchev–Trinajstić information content (AvgIpc) is 2.90. The molecule has 22 heavy (non-hydrogen) atoms. The lowest BCUT2D eigenvalue weighted by Gasteiger charge is -2.11. The summed E-state index contributed by atoms with van der Waals surface area (Å²) < 4.78 is 5.06. The van der Waals surface area contributed by atoms with Gasteiger partial charge in [-0.05, 0) is 19.4 Å². The van der Waals surface area contributed by atoms with Crippen LogP contribution in [0.15, 0.2) is 29.4 Å². The third-order valence-corrected chi connectivity index (χ3v) is 4.46. The van der Waals surface area contributed by atoms with E-state index in [9.17, 15) is 4.79 Å². The van der Waals surface area contributed by atoms with Crippen LogP contribution < -0.4 is 0 Å². The molecule has 0 amide bonds. The first kappa shape index (κ1) is 14.8. The maximum Gasteiger partial charge on any atom is 0.319 e. The number of thioether (sulfide) groups is 1. The largest absolute Gasteiger partial charge is 0.465 e. The number of carbonyl (C=O) groups excluding carboxylic acids is 1. The Hall–Kier alpha value is -2.15. The molecule has 0 radical (unpaired) electrons. The molecule has 1 atom stereocenters. The number of ether oxygens (including phenoxy) is 1. The zero-order valence-electron chi connectivity index (χ0n) is 12.4. The number of carbonyl (C=O) groups is 1. The van der Waals surface area contributed by atoms with E-state index in [4.69, 9.17) is 4.74 Å². The van der Waals surface area contributed by atoms with Crippen molar-refractivity contribution >= 4 is 39.8 Å². The second-order valence-corrected chi connectivity index (χ2v) is 5.90. The van der Waals surface area contributed by atoms with Crippen molar-refractivity contribution in [1.82, 2.24) is 20.2 Å². The Morgan fingerprint density at radius 3 is 2.91 bits per heavy atom. The zero-order valence-corrected chi connectivity index (χ0v) is 13.2. The van der Waals surface area contributed by atoms with E-state index in [1.54, 1.807) is 6.92 Å². The van der Waals surface area contributed by atoms with Gasteiger partial charge in [-0.25, -0.2) is 4.98 Å². The Bertz CT molecular complexity index is 818. The second-order valence-electron chi connectivity index (χ2n) is 4.73. The molecular weight excluding hydrogens is 300 g/mol. The van der Waals surface area contributed by atoms with E-state index in [0.717, 1.165) is 16.4 Å². The Kier molecular flexibility index (Phi) is 4.24. The number of hydrogen-bond donors (Lipinski definition) is 1. The monoisotopic (exact) mass is 316 g/mol. The molecule has 1 aromatic carbocycles. The van der Waals surface area contributed by atoms with E-state index in [1.807, 2.05) is 31.2 Å². The highest BCUT2D eigenvalue weighted by molar-refractivity contribution is 8.00. The highest BCUT2D eigenvalue weighted by Crippen LogP contribution is 2.26. The lowest BCUT2D eigenvalue weighted by molar-refractivity contribution is -0.142. The quantitative estimate of drug-likeness (QED) is 0.576. The molecule has 0 saturated heterocycles. The van der Waals surface area contributed by atoms with Gasteiger partial charge in [0.15, 0.2) is 5.65 Å². The molecule has 0 spiro atoms. The standard InChI is InChI=1S/C15H16N4O2S/c1-3-11(14(20)21-4-2)22-15-17-13-12(18-19-15)9-7-5-6-8-10(9)16-13/h5-8,11H,3-4H2,1-2H3,(H,16,17,19)/t11-/m0/s1. The fraction of sp³-hybridized carbons (Fsp3) is 0.333. The van der Waals surface area contributed by atoms with E-state index in [1.165, 1.54) is 11.8 Å². The summed E-state index contributed by atoms with van der Waals surface area (Å²) in [6.45, 7) is 4.10. The predicted octanol–water partition coefficient (Wildman–Crippen LogP) is 2.94. The number of esters is 1. The van der Waals surface area contributed by atoms with Gasteiger partial charge in [0.05, 0.1) is 6.61 Å². The van der Waals surface area contributed by atoms with Crippen LogP contribution >= 0.6 is 11.8 Å². The summed E-state index contributed by atoms with van der Waals surface area (Å²) in [5.74, 6) is -0.240. The zero-order chi connectivity index (χ0) is 15.5. The first-order valence-corrected chi connectivity index (χ1v) is 8.05. The molecule has 0 fully saturated rings. The van der Waals surface area contributed by atoms with Gasteiger partial charge in [0.2, 0.25) is 5.16 Å². The number of rotatable bonds is 5. The van der Waals surface area contributed by atoms with E-state index >= 15 is 0 Å². The summed E-state index contributed by atoms with van der Waals surface area (Å²) in [5.41, 5.74) is 2.39. The van der Waals surface area contributed by atoms with Gasteiger partial charge in [0.1, 0.15) is 10.8 Å². The number of para-hydroxylation sites is 1. The van der Waals surface area contributed by atoms with Crippen LogP contribution in [-0.4, -0.2) is 38.0 Å². The molecule has 0 aliphatic rings. The van der Waals surface area contributed by atoms with Gasteiger partial charge in [-0.3, -0.25) is 4.79 Å². The van der Waals surface area contributed by atoms with Crippen LogP contribution in [0.3, 0.4) is 0 Å². The number of aromatic nitrogens is 4. The van der Waals surface area contributed by atoms with Crippen LogP contribution in [0, 0.1) is 0 Å². The summed E-state index contributed by atoms with van der Waals surface area (Å²) in [6.07, 6.45) is 0.650. The smallest absolute Gasteiger partial charge is 0.319 e. The fourth-order valence-corrected chi connectivity index (χ4v) is 3.03. The number of hydrogen-bond acceptors (Lipinski definition) is 6. The number of fused-ring (bicyclic) bond motifs is 3. The first-order chi connectivity index (χ1) is 10.7. The second kappa shape index (κ2) is 6.31. The van der Waals surface area contributed by atoms with Crippen LogP contribution in [0.1, 0.15) is 20.3 Å². The predicted molar refractivity (Wildman–Crippen MR) is 85.8 cm³/mol. The lowest BCUT2D eigenvalue weighted by atomic mass is 10.2. The van der Waals surface area contributed by atoms with Crippen molar-refractivity contribution < 1.29 is 9.53 Å². The maximum absolute atomic E-state index is 11.9. The number of benzene rings is 1. The van der Waals surface area contributed by atoms with Crippen molar-refractivity contribution in [1.29, 1.82) is 0 Å². The summed E-state index contributed by atoms with van der Waals surface area (Å²) in [4.78, 5) is 19.5. The first-order valence-electron chi connectivity index (χ1n) is 7.17. The Morgan fingerprint density at radius 1 is 1.32 bits per heavy atom. The molecule has 3 rings (SSSR count). The van der Waals surface area contributed by atoms with Crippen LogP contribution in [0.2, 0.25) is 0 Å². The van der Waals surface area contributed by atoms with Gasteiger partial charge in [-0.1, -0.05) is 36.9 Å². The number of aromatic amines is 1. The normalized spacial score (nSPS) is 12.6. The SMILES string of the molecule is CCOC(=O)[C@H](CC)Sc1nnc2c(n1)[nH]c1ccccc12. The minimum Gasteiger partial charge on any atom is -0.465 e. The molecule has 7 heteroatoms. The van der Waals surface area contributed by atoms with Gasteiger partial charge in [0, 0.05) is 10.9 Å². The average molecular weight is 316 g/mol. The van der Waals surface area contributed by atoms with Gasteiger partial charge >= 0.3 is 5.97 Å². The third kappa shape index (κ3) is 2.76. The summed E-state index contributed by atoms with van der Waals surface area (Å²) in [6, 6.07) is 7.85. The molecule has 0 aliphatic heterocycles. The van der Waals surface area contributed by atoms with E-state index in [2.05, 4.69) is 20.2 Å². The van der Waals surface area contributed by atoms with Crippen LogP contribution in [0.5, 0.6) is 0 Å². The van der Waals surface area contributed by atoms with Crippen molar-refractivity contribution in [2.45, 2.75) is 30.7 Å². The molecule has 2 heterocycles. The minimum absolute atomic E-state index is 0.240. The maximum atomic E-state index is 11.9. The number of nitrogens with zero attached hydrogens (tertiary/aromatic N) is 3. The van der Waals surface area contributed by atoms with Crippen LogP contribution in [0.4, 0.5) is 0 Å². The molecule has 0 bridgehead atoms. The van der Waals surface area contributed by atoms with Crippen LogP contribution in [0.25, 0.3) is 22.1 Å². The molecular formula is C15H16N4O2S.